The maximum Gasteiger partial charge on any atom is 0.349 e. The first-order valence-corrected chi connectivity index (χ1v) is 8.86. The largest absolute Gasteiger partial charge is 0.465 e. The lowest BCUT2D eigenvalue weighted by Crippen LogP contribution is -2.36. The van der Waals surface area contributed by atoms with Crippen LogP contribution >= 0.6 is 11.3 Å². The summed E-state index contributed by atoms with van der Waals surface area (Å²) in [5.41, 5.74) is 0.597. The summed E-state index contributed by atoms with van der Waals surface area (Å²) in [6, 6.07) is 0.0322. The van der Waals surface area contributed by atoms with Crippen molar-refractivity contribution in [2.45, 2.75) is 43.5 Å². The zero-order chi connectivity index (χ0) is 14.9. The molecule has 1 aliphatic carbocycles. The van der Waals surface area contributed by atoms with Crippen LogP contribution < -0.4 is 0 Å². The molecule has 112 valence electrons. The van der Waals surface area contributed by atoms with Gasteiger partial charge >= 0.3 is 5.97 Å². The van der Waals surface area contributed by atoms with Gasteiger partial charge in [0.2, 0.25) is 10.0 Å². The molecule has 0 unspecified atom stereocenters. The Bertz CT molecular complexity index is 600. The van der Waals surface area contributed by atoms with Crippen LogP contribution in [0.1, 0.15) is 40.9 Å². The van der Waals surface area contributed by atoms with Crippen molar-refractivity contribution in [1.29, 1.82) is 0 Å². The summed E-state index contributed by atoms with van der Waals surface area (Å²) in [5, 5.41) is 1.68. The molecule has 0 radical (unpaired) electrons. The summed E-state index contributed by atoms with van der Waals surface area (Å²) in [5.74, 6) is -0.596. The van der Waals surface area contributed by atoms with Crippen molar-refractivity contribution in [2.75, 3.05) is 14.2 Å². The van der Waals surface area contributed by atoms with Gasteiger partial charge in [0.15, 0.2) is 0 Å². The summed E-state index contributed by atoms with van der Waals surface area (Å²) >= 11 is 1.12. The lowest BCUT2D eigenvalue weighted by Gasteiger charge is -2.24. The van der Waals surface area contributed by atoms with Gasteiger partial charge in [-0.25, -0.2) is 13.2 Å². The molecule has 1 aromatic heterocycles. The van der Waals surface area contributed by atoms with Gasteiger partial charge in [0.1, 0.15) is 9.77 Å². The van der Waals surface area contributed by atoms with Gasteiger partial charge in [-0.1, -0.05) is 12.8 Å². The summed E-state index contributed by atoms with van der Waals surface area (Å²) < 4.78 is 31.6. The van der Waals surface area contributed by atoms with Crippen LogP contribution in [0, 0.1) is 6.92 Å². The van der Waals surface area contributed by atoms with E-state index in [1.807, 2.05) is 0 Å². The normalized spacial score (nSPS) is 16.8. The Balaban J connectivity index is 2.43. The van der Waals surface area contributed by atoms with Crippen LogP contribution in [0.2, 0.25) is 0 Å². The van der Waals surface area contributed by atoms with E-state index in [1.165, 1.54) is 11.4 Å². The van der Waals surface area contributed by atoms with Crippen molar-refractivity contribution in [1.82, 2.24) is 4.31 Å². The third-order valence-electron chi connectivity index (χ3n) is 3.76. The standard InChI is InChI=1S/C13H19NO4S2/c1-9-8-19-11(13(15)18-3)12(9)20(16,17)14(2)10-6-4-5-7-10/h8,10H,4-7H2,1-3H3. The van der Waals surface area contributed by atoms with Crippen molar-refractivity contribution in [3.05, 3.63) is 15.8 Å². The van der Waals surface area contributed by atoms with E-state index in [4.69, 9.17) is 0 Å². The highest BCUT2D eigenvalue weighted by Gasteiger charge is 2.35. The summed E-state index contributed by atoms with van der Waals surface area (Å²) in [4.78, 5) is 12.0. The molecule has 1 aromatic rings. The Labute approximate surface area is 123 Å². The monoisotopic (exact) mass is 317 g/mol. The summed E-state index contributed by atoms with van der Waals surface area (Å²) in [6.45, 7) is 1.71. The number of rotatable bonds is 4. The number of hydrogen-bond donors (Lipinski definition) is 0. The fourth-order valence-corrected chi connectivity index (χ4v) is 5.67. The van der Waals surface area contributed by atoms with Crippen molar-refractivity contribution in [3.8, 4) is 0 Å². The van der Waals surface area contributed by atoms with E-state index < -0.39 is 16.0 Å². The number of carbonyl (C=O) groups is 1. The number of nitrogens with zero attached hydrogens (tertiary/aromatic N) is 1. The van der Waals surface area contributed by atoms with Crippen LogP contribution in [0.4, 0.5) is 0 Å². The number of ether oxygens (including phenoxy) is 1. The molecule has 0 aliphatic heterocycles. The molecule has 1 fully saturated rings. The van der Waals surface area contributed by atoms with Crippen molar-refractivity contribution < 1.29 is 17.9 Å². The molecule has 0 spiro atoms. The molecular weight excluding hydrogens is 298 g/mol. The van der Waals surface area contributed by atoms with Crippen LogP contribution in [-0.4, -0.2) is 38.9 Å². The van der Waals surface area contributed by atoms with Crippen LogP contribution in [-0.2, 0) is 14.8 Å². The van der Waals surface area contributed by atoms with Gasteiger partial charge in [0, 0.05) is 13.1 Å². The van der Waals surface area contributed by atoms with E-state index in [-0.39, 0.29) is 15.8 Å². The predicted molar refractivity (Wildman–Crippen MR) is 77.6 cm³/mol. The van der Waals surface area contributed by atoms with Gasteiger partial charge in [0.05, 0.1) is 7.11 Å². The Morgan fingerprint density at radius 1 is 1.40 bits per heavy atom. The second-order valence-electron chi connectivity index (χ2n) is 5.03. The fraction of sp³-hybridized carbons (Fsp3) is 0.615. The summed E-state index contributed by atoms with van der Waals surface area (Å²) in [7, 11) is -0.794. The van der Waals surface area contributed by atoms with Crippen LogP contribution in [0.25, 0.3) is 0 Å². The number of thiophene rings is 1. The molecule has 20 heavy (non-hydrogen) atoms. The molecule has 0 bridgehead atoms. The van der Waals surface area contributed by atoms with Crippen LogP contribution in [0.15, 0.2) is 10.3 Å². The molecule has 0 amide bonds. The van der Waals surface area contributed by atoms with Crippen LogP contribution in [0.3, 0.4) is 0 Å². The lowest BCUT2D eigenvalue weighted by molar-refractivity contribution is 0.0602. The van der Waals surface area contributed by atoms with Gasteiger partial charge in [-0.3, -0.25) is 0 Å². The Hall–Kier alpha value is -0.920. The second kappa shape index (κ2) is 5.83. The van der Waals surface area contributed by atoms with Gasteiger partial charge in [-0.05, 0) is 30.7 Å². The molecule has 1 heterocycles. The average molecular weight is 317 g/mol. The first-order chi connectivity index (χ1) is 9.39. The Morgan fingerprint density at radius 2 is 2.00 bits per heavy atom. The molecule has 0 saturated heterocycles. The van der Waals surface area contributed by atoms with E-state index in [9.17, 15) is 13.2 Å². The predicted octanol–water partition coefficient (Wildman–Crippen LogP) is 2.41. The molecule has 0 atom stereocenters. The van der Waals surface area contributed by atoms with Gasteiger partial charge in [0.25, 0.3) is 0 Å². The maximum atomic E-state index is 12.8. The fourth-order valence-electron chi connectivity index (χ4n) is 2.60. The van der Waals surface area contributed by atoms with Crippen molar-refractivity contribution in [2.24, 2.45) is 0 Å². The minimum absolute atomic E-state index is 0.0322. The highest BCUT2D eigenvalue weighted by atomic mass is 32.2. The molecule has 0 N–H and O–H groups in total. The SMILES string of the molecule is COC(=O)c1scc(C)c1S(=O)(=O)N(C)C1CCCC1. The van der Waals surface area contributed by atoms with E-state index in [0.29, 0.717) is 5.56 Å². The number of methoxy groups -OCH3 is 1. The van der Waals surface area contributed by atoms with Crippen molar-refractivity contribution >= 4 is 27.3 Å². The van der Waals surface area contributed by atoms with E-state index in [0.717, 1.165) is 37.0 Å². The molecule has 1 aliphatic rings. The van der Waals surface area contributed by atoms with Gasteiger partial charge in [-0.2, -0.15) is 4.31 Å². The zero-order valence-electron chi connectivity index (χ0n) is 11.9. The summed E-state index contributed by atoms with van der Waals surface area (Å²) in [6.07, 6.45) is 3.87. The van der Waals surface area contributed by atoms with Crippen molar-refractivity contribution in [3.63, 3.8) is 0 Å². The van der Waals surface area contributed by atoms with Gasteiger partial charge < -0.3 is 4.74 Å². The second-order valence-corrected chi connectivity index (χ2v) is 7.84. The molecular formula is C13H19NO4S2. The van der Waals surface area contributed by atoms with E-state index in [1.54, 1.807) is 19.4 Å². The molecule has 2 rings (SSSR count). The minimum Gasteiger partial charge on any atom is -0.465 e. The number of sulfonamides is 1. The van der Waals surface area contributed by atoms with Crippen LogP contribution in [0.5, 0.6) is 0 Å². The number of hydrogen-bond acceptors (Lipinski definition) is 5. The molecule has 0 aromatic carbocycles. The topological polar surface area (TPSA) is 63.7 Å². The van der Waals surface area contributed by atoms with E-state index >= 15 is 0 Å². The highest BCUT2D eigenvalue weighted by molar-refractivity contribution is 7.89. The quantitative estimate of drug-likeness (QED) is 0.800. The number of esters is 1. The number of carbonyl (C=O) groups excluding carboxylic acids is 1. The average Bonchev–Trinajstić information content (AvgIpc) is 3.05. The van der Waals surface area contributed by atoms with Gasteiger partial charge in [-0.15, -0.1) is 11.3 Å². The minimum atomic E-state index is -3.65. The highest BCUT2D eigenvalue weighted by Crippen LogP contribution is 2.33. The first kappa shape index (κ1) is 15.5. The third-order valence-corrected chi connectivity index (χ3v) is 7.07. The smallest absolute Gasteiger partial charge is 0.349 e. The first-order valence-electron chi connectivity index (χ1n) is 6.54. The Morgan fingerprint density at radius 3 is 2.55 bits per heavy atom. The maximum absolute atomic E-state index is 12.8. The molecule has 7 heteroatoms. The Kier molecular flexibility index (Phi) is 4.51. The number of aryl methyl sites for hydroxylation is 1. The zero-order valence-corrected chi connectivity index (χ0v) is 13.5. The van der Waals surface area contributed by atoms with E-state index in [2.05, 4.69) is 4.74 Å². The third kappa shape index (κ3) is 2.62. The molecule has 1 saturated carbocycles. The molecule has 5 nitrogen and oxygen atoms in total. The lowest BCUT2D eigenvalue weighted by atomic mass is 10.3.